The SMILES string of the molecule is CCCCNC(=S)N=Nc1c(O)n(CC(=O)OCC)c2ccccc12. The van der Waals surface area contributed by atoms with Crippen molar-refractivity contribution in [1.82, 2.24) is 9.88 Å². The largest absolute Gasteiger partial charge is 0.493 e. The average molecular weight is 362 g/mol. The summed E-state index contributed by atoms with van der Waals surface area (Å²) in [4.78, 5) is 11.8. The summed E-state index contributed by atoms with van der Waals surface area (Å²) in [6, 6.07) is 7.25. The average Bonchev–Trinajstić information content (AvgIpc) is 2.85. The first-order chi connectivity index (χ1) is 12.1. The Labute approximate surface area is 151 Å². The van der Waals surface area contributed by atoms with Gasteiger partial charge in [-0.2, -0.15) is 0 Å². The third-order valence-corrected chi connectivity index (χ3v) is 3.78. The summed E-state index contributed by atoms with van der Waals surface area (Å²) in [6.07, 6.45) is 2.04. The number of hydrogen-bond acceptors (Lipinski definition) is 5. The van der Waals surface area contributed by atoms with Crippen LogP contribution in [0, 0.1) is 0 Å². The second-order valence-corrected chi connectivity index (χ2v) is 5.75. The van der Waals surface area contributed by atoms with Crippen molar-refractivity contribution < 1.29 is 14.6 Å². The number of rotatable bonds is 7. The number of benzene rings is 1. The van der Waals surface area contributed by atoms with Gasteiger partial charge in [0.15, 0.2) is 5.69 Å². The number of para-hydroxylation sites is 1. The summed E-state index contributed by atoms with van der Waals surface area (Å²) in [5.41, 5.74) is 0.950. The van der Waals surface area contributed by atoms with E-state index in [9.17, 15) is 9.90 Å². The molecule has 0 aliphatic rings. The number of azo groups is 1. The van der Waals surface area contributed by atoms with E-state index in [1.165, 1.54) is 4.57 Å². The van der Waals surface area contributed by atoms with Crippen LogP contribution >= 0.6 is 12.2 Å². The van der Waals surface area contributed by atoms with Gasteiger partial charge in [0.05, 0.1) is 12.1 Å². The Bertz CT molecular complexity index is 786. The number of esters is 1. The number of aromatic nitrogens is 1. The third-order valence-electron chi connectivity index (χ3n) is 3.56. The minimum atomic E-state index is -0.432. The Morgan fingerprint density at radius 2 is 2.12 bits per heavy atom. The Morgan fingerprint density at radius 1 is 1.36 bits per heavy atom. The van der Waals surface area contributed by atoms with Gasteiger partial charge in [0.1, 0.15) is 6.54 Å². The standard InChI is InChI=1S/C17H22N4O3S/c1-3-5-10-18-17(25)20-19-15-12-8-6-7-9-13(12)21(16(15)23)11-14(22)24-4-2/h6-9,23H,3-5,10-11H2,1-2H3,(H,18,25). The fourth-order valence-corrected chi connectivity index (χ4v) is 2.51. The van der Waals surface area contributed by atoms with Gasteiger partial charge in [-0.15, -0.1) is 10.2 Å². The van der Waals surface area contributed by atoms with E-state index >= 15 is 0 Å². The number of hydrogen-bond donors (Lipinski definition) is 2. The van der Waals surface area contributed by atoms with E-state index in [0.29, 0.717) is 10.9 Å². The van der Waals surface area contributed by atoms with Crippen molar-refractivity contribution in [3.63, 3.8) is 0 Å². The first kappa shape index (κ1) is 18.9. The molecule has 2 aromatic rings. The molecule has 2 N–H and O–H groups in total. The van der Waals surface area contributed by atoms with Crippen LogP contribution in [0.2, 0.25) is 0 Å². The van der Waals surface area contributed by atoms with Crippen molar-refractivity contribution in [2.75, 3.05) is 13.2 Å². The van der Waals surface area contributed by atoms with Crippen LogP contribution in [-0.4, -0.2) is 33.9 Å². The number of nitrogens with zero attached hydrogens (tertiary/aromatic N) is 3. The first-order valence-corrected chi connectivity index (χ1v) is 8.64. The van der Waals surface area contributed by atoms with E-state index in [2.05, 4.69) is 22.5 Å². The van der Waals surface area contributed by atoms with E-state index in [-0.39, 0.29) is 29.8 Å². The highest BCUT2D eigenvalue weighted by molar-refractivity contribution is 7.80. The van der Waals surface area contributed by atoms with Crippen LogP contribution in [0.3, 0.4) is 0 Å². The molecule has 134 valence electrons. The maximum Gasteiger partial charge on any atom is 0.326 e. The van der Waals surface area contributed by atoms with Crippen molar-refractivity contribution in [3.05, 3.63) is 24.3 Å². The fourth-order valence-electron chi connectivity index (χ4n) is 2.37. The lowest BCUT2D eigenvalue weighted by atomic mass is 10.2. The van der Waals surface area contributed by atoms with E-state index in [4.69, 9.17) is 17.0 Å². The minimum Gasteiger partial charge on any atom is -0.493 e. The van der Waals surface area contributed by atoms with E-state index in [1.807, 2.05) is 12.1 Å². The van der Waals surface area contributed by atoms with Crippen molar-refractivity contribution in [1.29, 1.82) is 0 Å². The monoisotopic (exact) mass is 362 g/mol. The Kier molecular flexibility index (Phi) is 6.88. The van der Waals surface area contributed by atoms with Crippen LogP contribution in [0.1, 0.15) is 26.7 Å². The van der Waals surface area contributed by atoms with Crippen molar-refractivity contribution >= 4 is 39.9 Å². The second-order valence-electron chi connectivity index (χ2n) is 5.37. The Balaban J connectivity index is 2.29. The quantitative estimate of drug-likeness (QED) is 0.340. The minimum absolute atomic E-state index is 0.102. The maximum atomic E-state index is 11.8. The molecule has 0 bridgehead atoms. The zero-order valence-corrected chi connectivity index (χ0v) is 15.2. The summed E-state index contributed by atoms with van der Waals surface area (Å²) in [5.74, 6) is -0.576. The molecule has 0 saturated carbocycles. The molecule has 0 fully saturated rings. The molecule has 0 saturated heterocycles. The highest BCUT2D eigenvalue weighted by Crippen LogP contribution is 2.38. The topological polar surface area (TPSA) is 88.2 Å². The molecule has 0 amide bonds. The van der Waals surface area contributed by atoms with Gasteiger partial charge in [-0.1, -0.05) is 31.5 Å². The number of nitrogens with one attached hydrogen (secondary N) is 1. The molecule has 0 unspecified atom stereocenters. The fraction of sp³-hybridized carbons (Fsp3) is 0.412. The van der Waals surface area contributed by atoms with Gasteiger partial charge in [0.2, 0.25) is 11.0 Å². The van der Waals surface area contributed by atoms with Crippen molar-refractivity contribution in [2.45, 2.75) is 33.2 Å². The van der Waals surface area contributed by atoms with Crippen molar-refractivity contribution in [2.24, 2.45) is 10.2 Å². The van der Waals surface area contributed by atoms with Gasteiger partial charge in [0.25, 0.3) is 0 Å². The number of fused-ring (bicyclic) bond motifs is 1. The molecular weight excluding hydrogens is 340 g/mol. The molecule has 8 heteroatoms. The molecule has 7 nitrogen and oxygen atoms in total. The molecule has 0 atom stereocenters. The van der Waals surface area contributed by atoms with Crippen molar-refractivity contribution in [3.8, 4) is 5.88 Å². The Morgan fingerprint density at radius 3 is 2.84 bits per heavy atom. The summed E-state index contributed by atoms with van der Waals surface area (Å²) < 4.78 is 6.41. The predicted octanol–water partition coefficient (Wildman–Crippen LogP) is 3.67. The molecule has 1 aromatic carbocycles. The maximum absolute atomic E-state index is 11.8. The molecule has 0 aliphatic carbocycles. The summed E-state index contributed by atoms with van der Waals surface area (Å²) in [7, 11) is 0. The number of ether oxygens (including phenoxy) is 1. The molecular formula is C17H22N4O3S. The summed E-state index contributed by atoms with van der Waals surface area (Å²) in [5, 5.41) is 22.5. The lowest BCUT2D eigenvalue weighted by Crippen LogP contribution is -2.19. The van der Waals surface area contributed by atoms with E-state index in [1.54, 1.807) is 19.1 Å². The van der Waals surface area contributed by atoms with Gasteiger partial charge in [-0.05, 0) is 31.6 Å². The van der Waals surface area contributed by atoms with Gasteiger partial charge >= 0.3 is 5.97 Å². The normalized spacial score (nSPS) is 11.1. The lowest BCUT2D eigenvalue weighted by Gasteiger charge is -2.06. The van der Waals surface area contributed by atoms with Gasteiger partial charge in [0, 0.05) is 11.9 Å². The summed E-state index contributed by atoms with van der Waals surface area (Å²) >= 11 is 5.11. The molecule has 1 heterocycles. The smallest absolute Gasteiger partial charge is 0.326 e. The van der Waals surface area contributed by atoms with E-state index in [0.717, 1.165) is 19.4 Å². The van der Waals surface area contributed by atoms with Crippen LogP contribution in [-0.2, 0) is 16.1 Å². The van der Waals surface area contributed by atoms with Crippen LogP contribution in [0.4, 0.5) is 5.69 Å². The van der Waals surface area contributed by atoms with E-state index < -0.39 is 5.97 Å². The number of thiocarbonyl (C=S) groups is 1. The highest BCUT2D eigenvalue weighted by Gasteiger charge is 2.18. The summed E-state index contributed by atoms with van der Waals surface area (Å²) in [6.45, 7) is 4.73. The van der Waals surface area contributed by atoms with Crippen LogP contribution in [0.15, 0.2) is 34.5 Å². The van der Waals surface area contributed by atoms with Crippen LogP contribution in [0.25, 0.3) is 10.9 Å². The van der Waals surface area contributed by atoms with Gasteiger partial charge in [-0.25, -0.2) is 0 Å². The Hall–Kier alpha value is -2.48. The molecule has 25 heavy (non-hydrogen) atoms. The molecule has 0 spiro atoms. The molecule has 1 aromatic heterocycles. The number of carbonyl (C=O) groups excluding carboxylic acids is 1. The first-order valence-electron chi connectivity index (χ1n) is 8.23. The lowest BCUT2D eigenvalue weighted by molar-refractivity contribution is -0.143. The zero-order valence-electron chi connectivity index (χ0n) is 14.4. The second kappa shape index (κ2) is 9.12. The number of unbranched alkanes of at least 4 members (excludes halogenated alkanes) is 1. The van der Waals surface area contributed by atoms with Crippen LogP contribution < -0.4 is 5.32 Å². The van der Waals surface area contributed by atoms with Gasteiger partial charge in [-0.3, -0.25) is 9.36 Å². The number of aromatic hydroxyl groups is 1. The number of carbonyl (C=O) groups is 1. The zero-order chi connectivity index (χ0) is 18.2. The highest BCUT2D eigenvalue weighted by atomic mass is 32.1. The van der Waals surface area contributed by atoms with Crippen LogP contribution in [0.5, 0.6) is 5.88 Å². The molecule has 2 rings (SSSR count). The molecule has 0 radical (unpaired) electrons. The third kappa shape index (κ3) is 4.76. The predicted molar refractivity (Wildman–Crippen MR) is 100 cm³/mol. The molecule has 0 aliphatic heterocycles. The van der Waals surface area contributed by atoms with Gasteiger partial charge < -0.3 is 15.2 Å².